The largest absolute Gasteiger partial charge is 0.417 e. The minimum absolute atomic E-state index is 0.490. The number of para-hydroxylation sites is 1. The molecule has 0 aliphatic carbocycles. The average molecular weight is 262 g/mol. The van der Waals surface area contributed by atoms with Gasteiger partial charge in [-0.15, -0.1) is 0 Å². The standard InChI is InChI=1S/C14H9F3N2/c15-14(16,17)10-5-6-12(18-8-10)13-7-9-3-1-2-4-11(9)19-13/h1-8,19H. The van der Waals surface area contributed by atoms with Gasteiger partial charge in [0.05, 0.1) is 17.0 Å². The third kappa shape index (κ3) is 2.19. The molecule has 0 atom stereocenters. The molecule has 96 valence electrons. The second kappa shape index (κ2) is 4.12. The zero-order chi connectivity index (χ0) is 13.5. The van der Waals surface area contributed by atoms with Gasteiger partial charge in [0.25, 0.3) is 0 Å². The van der Waals surface area contributed by atoms with Crippen LogP contribution in [0.1, 0.15) is 5.56 Å². The van der Waals surface area contributed by atoms with Crippen LogP contribution in [0.4, 0.5) is 13.2 Å². The van der Waals surface area contributed by atoms with Crippen molar-refractivity contribution < 1.29 is 13.2 Å². The third-order valence-electron chi connectivity index (χ3n) is 2.90. The molecule has 1 aromatic carbocycles. The average Bonchev–Trinajstić information content (AvgIpc) is 2.81. The van der Waals surface area contributed by atoms with Crippen molar-refractivity contribution in [1.29, 1.82) is 0 Å². The molecular formula is C14H9F3N2. The number of aromatic amines is 1. The van der Waals surface area contributed by atoms with Crippen molar-refractivity contribution in [3.8, 4) is 11.4 Å². The van der Waals surface area contributed by atoms with E-state index in [0.717, 1.165) is 23.2 Å². The van der Waals surface area contributed by atoms with E-state index >= 15 is 0 Å². The predicted molar refractivity (Wildman–Crippen MR) is 66.5 cm³/mol. The highest BCUT2D eigenvalue weighted by molar-refractivity contribution is 5.85. The van der Waals surface area contributed by atoms with E-state index < -0.39 is 11.7 Å². The second-order valence-electron chi connectivity index (χ2n) is 4.20. The summed E-state index contributed by atoms with van der Waals surface area (Å²) >= 11 is 0. The monoisotopic (exact) mass is 262 g/mol. The molecule has 0 aliphatic rings. The van der Waals surface area contributed by atoms with E-state index in [9.17, 15) is 13.2 Å². The number of hydrogen-bond donors (Lipinski definition) is 1. The van der Waals surface area contributed by atoms with Crippen molar-refractivity contribution in [1.82, 2.24) is 9.97 Å². The smallest absolute Gasteiger partial charge is 0.353 e. The molecule has 0 saturated heterocycles. The third-order valence-corrected chi connectivity index (χ3v) is 2.90. The van der Waals surface area contributed by atoms with Crippen molar-refractivity contribution in [2.45, 2.75) is 6.18 Å². The first kappa shape index (κ1) is 11.8. The number of fused-ring (bicyclic) bond motifs is 1. The van der Waals surface area contributed by atoms with Gasteiger partial charge in [-0.25, -0.2) is 0 Å². The molecule has 5 heteroatoms. The van der Waals surface area contributed by atoms with E-state index in [-0.39, 0.29) is 0 Å². The molecule has 3 rings (SSSR count). The number of benzene rings is 1. The molecule has 0 amide bonds. The lowest BCUT2D eigenvalue weighted by molar-refractivity contribution is -0.137. The number of pyridine rings is 1. The van der Waals surface area contributed by atoms with E-state index in [4.69, 9.17) is 0 Å². The molecule has 3 aromatic rings. The van der Waals surface area contributed by atoms with Crippen LogP contribution >= 0.6 is 0 Å². The summed E-state index contributed by atoms with van der Waals surface area (Å²) in [7, 11) is 0. The van der Waals surface area contributed by atoms with Gasteiger partial charge in [0.2, 0.25) is 0 Å². The molecule has 0 spiro atoms. The Morgan fingerprint density at radius 3 is 2.42 bits per heavy atom. The van der Waals surface area contributed by atoms with Crippen LogP contribution in [-0.2, 0) is 6.18 Å². The summed E-state index contributed by atoms with van der Waals surface area (Å²) in [6, 6.07) is 11.9. The van der Waals surface area contributed by atoms with Gasteiger partial charge in [-0.1, -0.05) is 18.2 Å². The molecule has 0 fully saturated rings. The molecule has 2 aromatic heterocycles. The fourth-order valence-electron chi connectivity index (χ4n) is 1.93. The summed E-state index contributed by atoms with van der Waals surface area (Å²) in [6.07, 6.45) is -3.51. The van der Waals surface area contributed by atoms with Gasteiger partial charge in [0.1, 0.15) is 0 Å². The molecule has 2 nitrogen and oxygen atoms in total. The molecule has 0 radical (unpaired) electrons. The molecule has 0 saturated carbocycles. The summed E-state index contributed by atoms with van der Waals surface area (Å²) in [6.45, 7) is 0. The lowest BCUT2D eigenvalue weighted by Crippen LogP contribution is -2.05. The van der Waals surface area contributed by atoms with Crippen LogP contribution in [0.3, 0.4) is 0 Å². The molecule has 0 unspecified atom stereocenters. The highest BCUT2D eigenvalue weighted by Gasteiger charge is 2.30. The number of nitrogens with zero attached hydrogens (tertiary/aromatic N) is 1. The van der Waals surface area contributed by atoms with Crippen molar-refractivity contribution in [3.63, 3.8) is 0 Å². The Morgan fingerprint density at radius 2 is 1.79 bits per heavy atom. The lowest BCUT2D eigenvalue weighted by Gasteiger charge is -2.05. The maximum Gasteiger partial charge on any atom is 0.417 e. The fraction of sp³-hybridized carbons (Fsp3) is 0.0714. The van der Waals surface area contributed by atoms with Crippen LogP contribution in [-0.4, -0.2) is 9.97 Å². The van der Waals surface area contributed by atoms with Crippen molar-refractivity contribution in [2.75, 3.05) is 0 Å². The Hall–Kier alpha value is -2.30. The van der Waals surface area contributed by atoms with E-state index in [0.29, 0.717) is 11.4 Å². The van der Waals surface area contributed by atoms with Crippen molar-refractivity contribution in [2.24, 2.45) is 0 Å². The molecule has 0 aliphatic heterocycles. The van der Waals surface area contributed by atoms with E-state index in [1.54, 1.807) is 0 Å². The number of halogens is 3. The van der Waals surface area contributed by atoms with Gasteiger partial charge in [-0.05, 0) is 24.3 Å². The Morgan fingerprint density at radius 1 is 1.00 bits per heavy atom. The van der Waals surface area contributed by atoms with Crippen LogP contribution in [0.5, 0.6) is 0 Å². The minimum Gasteiger partial charge on any atom is -0.353 e. The van der Waals surface area contributed by atoms with Gasteiger partial charge in [-0.2, -0.15) is 13.2 Å². The molecular weight excluding hydrogens is 253 g/mol. The Balaban J connectivity index is 2.02. The van der Waals surface area contributed by atoms with Crippen LogP contribution < -0.4 is 0 Å². The number of aromatic nitrogens is 2. The Bertz CT molecular complexity index is 678. The van der Waals surface area contributed by atoms with E-state index in [1.807, 2.05) is 30.3 Å². The topological polar surface area (TPSA) is 28.7 Å². The first-order valence-electron chi connectivity index (χ1n) is 5.65. The van der Waals surface area contributed by atoms with Crippen molar-refractivity contribution >= 4 is 10.9 Å². The number of rotatable bonds is 1. The molecule has 0 bridgehead atoms. The summed E-state index contributed by atoms with van der Waals surface area (Å²) in [5.41, 5.74) is 1.38. The maximum absolute atomic E-state index is 12.4. The minimum atomic E-state index is -4.36. The van der Waals surface area contributed by atoms with Gasteiger partial charge in [0, 0.05) is 17.1 Å². The molecule has 2 heterocycles. The quantitative estimate of drug-likeness (QED) is 0.697. The lowest BCUT2D eigenvalue weighted by atomic mass is 10.2. The normalized spacial score (nSPS) is 11.9. The zero-order valence-electron chi connectivity index (χ0n) is 9.70. The van der Waals surface area contributed by atoms with Crippen LogP contribution in [0.25, 0.3) is 22.3 Å². The van der Waals surface area contributed by atoms with E-state index in [1.165, 1.54) is 6.07 Å². The zero-order valence-corrected chi connectivity index (χ0v) is 9.70. The van der Waals surface area contributed by atoms with Gasteiger partial charge < -0.3 is 4.98 Å². The molecule has 1 N–H and O–H groups in total. The number of hydrogen-bond acceptors (Lipinski definition) is 1. The van der Waals surface area contributed by atoms with Crippen LogP contribution in [0.15, 0.2) is 48.7 Å². The first-order chi connectivity index (χ1) is 9.04. The summed E-state index contributed by atoms with van der Waals surface area (Å²) in [4.78, 5) is 6.99. The summed E-state index contributed by atoms with van der Waals surface area (Å²) in [5.74, 6) is 0. The van der Waals surface area contributed by atoms with Gasteiger partial charge >= 0.3 is 6.18 Å². The second-order valence-corrected chi connectivity index (χ2v) is 4.20. The Kier molecular flexibility index (Phi) is 2.55. The highest BCUT2D eigenvalue weighted by atomic mass is 19.4. The highest BCUT2D eigenvalue weighted by Crippen LogP contribution is 2.30. The number of H-pyrrole nitrogens is 1. The van der Waals surface area contributed by atoms with E-state index in [2.05, 4.69) is 9.97 Å². The van der Waals surface area contributed by atoms with Crippen molar-refractivity contribution in [3.05, 3.63) is 54.2 Å². The summed E-state index contributed by atoms with van der Waals surface area (Å²) < 4.78 is 37.3. The SMILES string of the molecule is FC(F)(F)c1ccc(-c2cc3ccccc3[nH]2)nc1. The predicted octanol–water partition coefficient (Wildman–Crippen LogP) is 4.25. The van der Waals surface area contributed by atoms with Gasteiger partial charge in [0.15, 0.2) is 0 Å². The Labute approximate surface area is 106 Å². The summed E-state index contributed by atoms with van der Waals surface area (Å²) in [5, 5.41) is 0.999. The maximum atomic E-state index is 12.4. The van der Waals surface area contributed by atoms with Crippen LogP contribution in [0, 0.1) is 0 Å². The van der Waals surface area contributed by atoms with Crippen LogP contribution in [0.2, 0.25) is 0 Å². The number of nitrogens with one attached hydrogen (secondary N) is 1. The molecule has 19 heavy (non-hydrogen) atoms. The fourth-order valence-corrected chi connectivity index (χ4v) is 1.93. The number of alkyl halides is 3. The first-order valence-corrected chi connectivity index (χ1v) is 5.65. The van der Waals surface area contributed by atoms with Gasteiger partial charge in [-0.3, -0.25) is 4.98 Å².